The molecule has 1 atom stereocenters. The summed E-state index contributed by atoms with van der Waals surface area (Å²) >= 11 is 0. The molecule has 1 unspecified atom stereocenters. The molecule has 0 radical (unpaired) electrons. The van der Waals surface area contributed by atoms with Gasteiger partial charge in [-0.05, 0) is 25.0 Å². The van der Waals surface area contributed by atoms with Crippen LogP contribution >= 0.6 is 0 Å². The highest BCUT2D eigenvalue weighted by molar-refractivity contribution is 6.16. The summed E-state index contributed by atoms with van der Waals surface area (Å²) < 4.78 is 16.8. The quantitative estimate of drug-likeness (QED) is 0.854. The molecule has 2 aliphatic rings. The summed E-state index contributed by atoms with van der Waals surface area (Å²) in [6, 6.07) is 12.5. The maximum Gasteiger partial charge on any atom is 0.231 e. The molecular formula is C18H17NO3. The van der Waals surface area contributed by atoms with Gasteiger partial charge >= 0.3 is 0 Å². The van der Waals surface area contributed by atoms with E-state index in [4.69, 9.17) is 19.2 Å². The molecule has 4 heteroatoms. The molecule has 2 aromatic carbocycles. The van der Waals surface area contributed by atoms with Crippen LogP contribution < -0.4 is 14.2 Å². The maximum atomic E-state index is 5.66. The van der Waals surface area contributed by atoms with Crippen LogP contribution in [0.1, 0.15) is 23.6 Å². The zero-order chi connectivity index (χ0) is 15.1. The summed E-state index contributed by atoms with van der Waals surface area (Å²) in [6.07, 6.45) is 0.874. The molecule has 112 valence electrons. The van der Waals surface area contributed by atoms with Gasteiger partial charge in [0.25, 0.3) is 0 Å². The second-order valence-electron chi connectivity index (χ2n) is 5.57. The number of benzene rings is 2. The van der Waals surface area contributed by atoms with E-state index in [0.29, 0.717) is 5.75 Å². The lowest BCUT2D eigenvalue weighted by atomic mass is 9.89. The molecule has 0 bridgehead atoms. The van der Waals surface area contributed by atoms with Crippen molar-refractivity contribution in [3.8, 4) is 17.2 Å². The molecular weight excluding hydrogens is 278 g/mol. The van der Waals surface area contributed by atoms with Gasteiger partial charge in [0.15, 0.2) is 11.5 Å². The number of fused-ring (bicyclic) bond motifs is 2. The molecule has 0 fully saturated rings. The smallest absolute Gasteiger partial charge is 0.231 e. The lowest BCUT2D eigenvalue weighted by molar-refractivity contribution is 0.171. The molecule has 2 aromatic rings. The largest absolute Gasteiger partial charge is 0.492 e. The Morgan fingerprint density at radius 2 is 2.00 bits per heavy atom. The van der Waals surface area contributed by atoms with E-state index < -0.39 is 0 Å². The zero-order valence-electron chi connectivity index (χ0n) is 12.6. The van der Waals surface area contributed by atoms with E-state index in [2.05, 4.69) is 25.1 Å². The topological polar surface area (TPSA) is 40.0 Å². The van der Waals surface area contributed by atoms with Crippen molar-refractivity contribution in [3.63, 3.8) is 0 Å². The summed E-state index contributed by atoms with van der Waals surface area (Å²) in [5.41, 5.74) is 4.27. The monoisotopic (exact) mass is 295 g/mol. The van der Waals surface area contributed by atoms with Crippen LogP contribution in [0.25, 0.3) is 0 Å². The normalized spacial score (nSPS) is 18.6. The first kappa shape index (κ1) is 13.2. The van der Waals surface area contributed by atoms with Crippen LogP contribution in [0.4, 0.5) is 0 Å². The summed E-state index contributed by atoms with van der Waals surface area (Å²) in [4.78, 5) is 4.87. The number of ether oxygens (including phenoxy) is 3. The lowest BCUT2D eigenvalue weighted by Crippen LogP contribution is -2.20. The van der Waals surface area contributed by atoms with E-state index in [1.807, 2.05) is 18.2 Å². The number of methoxy groups -OCH3 is 1. The Hall–Kier alpha value is -2.49. The van der Waals surface area contributed by atoms with Gasteiger partial charge < -0.3 is 14.2 Å². The van der Waals surface area contributed by atoms with Crippen molar-refractivity contribution >= 4 is 5.71 Å². The Balaban J connectivity index is 1.97. The van der Waals surface area contributed by atoms with Crippen LogP contribution in [0.5, 0.6) is 17.2 Å². The second kappa shape index (κ2) is 5.05. The predicted molar refractivity (Wildman–Crippen MR) is 84.4 cm³/mol. The molecule has 4 nitrogen and oxygen atoms in total. The van der Waals surface area contributed by atoms with Gasteiger partial charge in [0.2, 0.25) is 12.5 Å². The van der Waals surface area contributed by atoms with Gasteiger partial charge in [0, 0.05) is 11.1 Å². The van der Waals surface area contributed by atoms with Crippen molar-refractivity contribution in [2.75, 3.05) is 13.9 Å². The number of rotatable bonds is 2. The standard InChI is InChI=1S/C18H17NO3/c1-11-8-13-9-14-17(22-10-21-14)18(20-2)15(13)16(19-11)12-6-4-3-5-7-12/h3-7,9,11H,8,10H2,1-2H3. The molecule has 0 amide bonds. The van der Waals surface area contributed by atoms with Gasteiger partial charge in [-0.25, -0.2) is 0 Å². The summed E-state index contributed by atoms with van der Waals surface area (Å²) in [5, 5.41) is 0. The lowest BCUT2D eigenvalue weighted by Gasteiger charge is -2.24. The zero-order valence-corrected chi connectivity index (χ0v) is 12.6. The third kappa shape index (κ3) is 1.95. The highest BCUT2D eigenvalue weighted by atomic mass is 16.7. The first-order valence-electron chi connectivity index (χ1n) is 7.41. The van der Waals surface area contributed by atoms with Crippen LogP contribution in [0.2, 0.25) is 0 Å². The third-order valence-electron chi connectivity index (χ3n) is 4.05. The molecule has 0 saturated carbocycles. The van der Waals surface area contributed by atoms with Crippen molar-refractivity contribution < 1.29 is 14.2 Å². The SMILES string of the molecule is COc1c2c(cc3c1C(c1ccccc1)=NC(C)C3)OCO2. The Bertz CT molecular complexity index is 753. The molecule has 0 saturated heterocycles. The van der Waals surface area contributed by atoms with Gasteiger partial charge in [-0.2, -0.15) is 0 Å². The van der Waals surface area contributed by atoms with Crippen molar-refractivity contribution in [1.29, 1.82) is 0 Å². The minimum absolute atomic E-state index is 0.229. The van der Waals surface area contributed by atoms with Gasteiger partial charge in [-0.1, -0.05) is 30.3 Å². The van der Waals surface area contributed by atoms with E-state index in [1.54, 1.807) is 7.11 Å². The molecule has 2 aliphatic heterocycles. The molecule has 4 rings (SSSR count). The molecule has 2 heterocycles. The first-order chi connectivity index (χ1) is 10.8. The van der Waals surface area contributed by atoms with Gasteiger partial charge in [0.1, 0.15) is 0 Å². The van der Waals surface area contributed by atoms with Crippen LogP contribution in [0.3, 0.4) is 0 Å². The molecule has 0 spiro atoms. The fourth-order valence-corrected chi connectivity index (χ4v) is 3.14. The average molecular weight is 295 g/mol. The van der Waals surface area contributed by atoms with Crippen molar-refractivity contribution in [1.82, 2.24) is 0 Å². The van der Waals surface area contributed by atoms with Crippen molar-refractivity contribution in [3.05, 3.63) is 53.1 Å². The minimum Gasteiger partial charge on any atom is -0.492 e. The van der Waals surface area contributed by atoms with E-state index in [9.17, 15) is 0 Å². The predicted octanol–water partition coefficient (Wildman–Crippen LogP) is 3.21. The average Bonchev–Trinajstić information content (AvgIpc) is 3.00. The second-order valence-corrected chi connectivity index (χ2v) is 5.57. The first-order valence-corrected chi connectivity index (χ1v) is 7.41. The van der Waals surface area contributed by atoms with E-state index >= 15 is 0 Å². The molecule has 0 aromatic heterocycles. The van der Waals surface area contributed by atoms with Gasteiger partial charge in [-0.15, -0.1) is 0 Å². The number of nitrogens with zero attached hydrogens (tertiary/aromatic N) is 1. The van der Waals surface area contributed by atoms with E-state index in [0.717, 1.165) is 34.8 Å². The van der Waals surface area contributed by atoms with Crippen LogP contribution in [0, 0.1) is 0 Å². The maximum absolute atomic E-state index is 5.66. The number of hydrogen-bond acceptors (Lipinski definition) is 4. The van der Waals surface area contributed by atoms with Gasteiger partial charge in [0.05, 0.1) is 18.9 Å². The Morgan fingerprint density at radius 1 is 1.18 bits per heavy atom. The van der Waals surface area contributed by atoms with Gasteiger partial charge in [-0.3, -0.25) is 4.99 Å². The third-order valence-corrected chi connectivity index (χ3v) is 4.05. The fraction of sp³-hybridized carbons (Fsp3) is 0.278. The minimum atomic E-state index is 0.229. The van der Waals surface area contributed by atoms with E-state index in [-0.39, 0.29) is 12.8 Å². The highest BCUT2D eigenvalue weighted by Crippen LogP contribution is 2.47. The molecule has 22 heavy (non-hydrogen) atoms. The summed E-state index contributed by atoms with van der Waals surface area (Å²) in [6.45, 7) is 2.37. The Kier molecular flexibility index (Phi) is 3.03. The van der Waals surface area contributed by atoms with Crippen molar-refractivity contribution in [2.45, 2.75) is 19.4 Å². The van der Waals surface area contributed by atoms with Crippen LogP contribution in [0.15, 0.2) is 41.4 Å². The van der Waals surface area contributed by atoms with Crippen LogP contribution in [-0.2, 0) is 6.42 Å². The number of aliphatic imine (C=N–C) groups is 1. The molecule has 0 N–H and O–H groups in total. The van der Waals surface area contributed by atoms with Crippen LogP contribution in [-0.4, -0.2) is 25.7 Å². The summed E-state index contributed by atoms with van der Waals surface area (Å²) in [5.74, 6) is 2.16. The van der Waals surface area contributed by atoms with E-state index in [1.165, 1.54) is 5.56 Å². The Labute approximate surface area is 129 Å². The highest BCUT2D eigenvalue weighted by Gasteiger charge is 2.31. The fourth-order valence-electron chi connectivity index (χ4n) is 3.14. The Morgan fingerprint density at radius 3 is 2.77 bits per heavy atom. The van der Waals surface area contributed by atoms with Crippen molar-refractivity contribution in [2.24, 2.45) is 4.99 Å². The number of hydrogen-bond donors (Lipinski definition) is 0. The summed E-state index contributed by atoms with van der Waals surface area (Å²) in [7, 11) is 1.66. The molecule has 0 aliphatic carbocycles.